The monoisotopic (exact) mass is 355 g/mol. The zero-order chi connectivity index (χ0) is 19.1. The van der Waals surface area contributed by atoms with Crippen molar-refractivity contribution in [2.24, 2.45) is 0 Å². The molecule has 2 aromatic carbocycles. The Morgan fingerprint density at radius 1 is 1.08 bits per heavy atom. The minimum Gasteiger partial charge on any atom is -0.493 e. The molecule has 0 radical (unpaired) electrons. The maximum Gasteiger partial charge on any atom is 0.348 e. The average Bonchev–Trinajstić information content (AvgIpc) is 2.66. The fourth-order valence-corrected chi connectivity index (χ4v) is 2.02. The molecule has 0 spiro atoms. The molecule has 6 nitrogen and oxygen atoms in total. The minimum atomic E-state index is -0.765. The van der Waals surface area contributed by atoms with Crippen LogP contribution in [0.25, 0.3) is 6.08 Å². The Morgan fingerprint density at radius 2 is 1.77 bits per heavy atom. The zero-order valence-corrected chi connectivity index (χ0v) is 14.0. The van der Waals surface area contributed by atoms with Crippen molar-refractivity contribution in [2.45, 2.75) is 0 Å². The molecule has 0 atom stereocenters. The summed E-state index contributed by atoms with van der Waals surface area (Å²) in [5.74, 6) is -1.56. The highest BCUT2D eigenvalue weighted by Gasteiger charge is 2.14. The fraction of sp³-hybridized carbons (Fsp3) is 0.105. The molecule has 0 heterocycles. The van der Waals surface area contributed by atoms with Crippen molar-refractivity contribution in [1.29, 1.82) is 5.26 Å². The van der Waals surface area contributed by atoms with Gasteiger partial charge in [0.15, 0.2) is 11.5 Å². The van der Waals surface area contributed by atoms with E-state index in [1.165, 1.54) is 50.6 Å². The highest BCUT2D eigenvalue weighted by molar-refractivity contribution is 5.98. The van der Waals surface area contributed by atoms with Crippen LogP contribution in [0.4, 0.5) is 4.39 Å². The van der Waals surface area contributed by atoms with Crippen molar-refractivity contribution in [3.05, 3.63) is 65.0 Å². The van der Waals surface area contributed by atoms with Gasteiger partial charge in [0.2, 0.25) is 0 Å². The molecule has 0 N–H and O–H groups in total. The van der Waals surface area contributed by atoms with E-state index in [0.717, 1.165) is 12.1 Å². The molecule has 0 aromatic heterocycles. The predicted molar refractivity (Wildman–Crippen MR) is 90.0 cm³/mol. The van der Waals surface area contributed by atoms with Crippen molar-refractivity contribution in [2.75, 3.05) is 14.2 Å². The topological polar surface area (TPSA) is 85.6 Å². The van der Waals surface area contributed by atoms with Crippen LogP contribution >= 0.6 is 0 Å². The Balaban J connectivity index is 2.27. The lowest BCUT2D eigenvalue weighted by atomic mass is 10.1. The van der Waals surface area contributed by atoms with Crippen LogP contribution in [-0.4, -0.2) is 26.2 Å². The third-order valence-corrected chi connectivity index (χ3v) is 3.31. The summed E-state index contributed by atoms with van der Waals surface area (Å²) in [6.07, 6.45) is 1.32. The second-order valence-corrected chi connectivity index (χ2v) is 4.97. The predicted octanol–water partition coefficient (Wildman–Crippen LogP) is 3.13. The summed E-state index contributed by atoms with van der Waals surface area (Å²) >= 11 is 0. The average molecular weight is 355 g/mol. The molecule has 0 saturated heterocycles. The van der Waals surface area contributed by atoms with E-state index in [0.29, 0.717) is 5.56 Å². The molecule has 0 unspecified atom stereocenters. The molecule has 0 aliphatic rings. The summed E-state index contributed by atoms with van der Waals surface area (Å²) in [4.78, 5) is 23.6. The van der Waals surface area contributed by atoms with E-state index in [9.17, 15) is 14.0 Å². The smallest absolute Gasteiger partial charge is 0.348 e. The Hall–Kier alpha value is -3.66. The molecule has 0 fully saturated rings. The fourth-order valence-electron chi connectivity index (χ4n) is 2.02. The van der Waals surface area contributed by atoms with Gasteiger partial charge in [-0.25, -0.2) is 14.0 Å². The number of hydrogen-bond donors (Lipinski definition) is 0. The van der Waals surface area contributed by atoms with Crippen molar-refractivity contribution in [3.63, 3.8) is 0 Å². The van der Waals surface area contributed by atoms with Crippen molar-refractivity contribution >= 4 is 18.0 Å². The van der Waals surface area contributed by atoms with Gasteiger partial charge in [-0.1, -0.05) is 6.07 Å². The summed E-state index contributed by atoms with van der Waals surface area (Å²) in [6, 6.07) is 11.1. The first kappa shape index (κ1) is 18.7. The number of benzene rings is 2. The van der Waals surface area contributed by atoms with E-state index < -0.39 is 17.8 Å². The molecule has 2 aromatic rings. The first-order valence-electron chi connectivity index (χ1n) is 7.34. The largest absolute Gasteiger partial charge is 0.493 e. The summed E-state index contributed by atoms with van der Waals surface area (Å²) in [5, 5.41) is 8.99. The third kappa shape index (κ3) is 4.45. The lowest BCUT2D eigenvalue weighted by Gasteiger charge is -2.10. The van der Waals surface area contributed by atoms with Gasteiger partial charge in [-0.2, -0.15) is 5.26 Å². The molecular formula is C19H14FNO5. The van der Waals surface area contributed by atoms with Crippen molar-refractivity contribution < 1.29 is 28.2 Å². The van der Waals surface area contributed by atoms with Gasteiger partial charge in [0.05, 0.1) is 19.8 Å². The quantitative estimate of drug-likeness (QED) is 0.354. The van der Waals surface area contributed by atoms with E-state index in [-0.39, 0.29) is 22.6 Å². The molecule has 0 saturated carbocycles. The summed E-state index contributed by atoms with van der Waals surface area (Å²) in [5.41, 5.74) is 0.464. The summed E-state index contributed by atoms with van der Waals surface area (Å²) in [7, 11) is 2.55. The van der Waals surface area contributed by atoms with E-state index >= 15 is 0 Å². The molecule has 0 aliphatic heterocycles. The lowest BCUT2D eigenvalue weighted by Crippen LogP contribution is -2.09. The van der Waals surface area contributed by atoms with E-state index in [2.05, 4.69) is 4.74 Å². The van der Waals surface area contributed by atoms with Gasteiger partial charge in [0.25, 0.3) is 0 Å². The van der Waals surface area contributed by atoms with Gasteiger partial charge in [0, 0.05) is 0 Å². The first-order chi connectivity index (χ1) is 12.5. The van der Waals surface area contributed by atoms with Crippen LogP contribution in [0, 0.1) is 17.1 Å². The number of hydrogen-bond acceptors (Lipinski definition) is 6. The SMILES string of the molecule is COC(=O)/C(C#N)=C\c1ccc(OC(=O)c2ccc(F)cc2)c(OC)c1. The standard InChI is InChI=1S/C19H14FNO5/c1-24-17-10-12(9-14(11-21)18(22)25-2)3-8-16(17)26-19(23)13-4-6-15(20)7-5-13/h3-10H,1-2H3/b14-9-. The van der Waals surface area contributed by atoms with Crippen LogP contribution < -0.4 is 9.47 Å². The Kier molecular flexibility index (Phi) is 6.06. The molecular weight excluding hydrogens is 341 g/mol. The highest BCUT2D eigenvalue weighted by Crippen LogP contribution is 2.29. The Labute approximate surface area is 149 Å². The molecule has 0 amide bonds. The normalized spacial score (nSPS) is 10.6. The van der Waals surface area contributed by atoms with Crippen LogP contribution in [0.2, 0.25) is 0 Å². The number of nitriles is 1. The van der Waals surface area contributed by atoms with Gasteiger partial charge in [-0.15, -0.1) is 0 Å². The molecule has 0 aliphatic carbocycles. The van der Waals surface area contributed by atoms with Crippen molar-refractivity contribution in [3.8, 4) is 17.6 Å². The molecule has 7 heteroatoms. The Morgan fingerprint density at radius 3 is 2.35 bits per heavy atom. The number of esters is 2. The van der Waals surface area contributed by atoms with E-state index in [4.69, 9.17) is 14.7 Å². The van der Waals surface area contributed by atoms with Crippen LogP contribution in [0.15, 0.2) is 48.0 Å². The third-order valence-electron chi connectivity index (χ3n) is 3.31. The number of nitrogens with zero attached hydrogens (tertiary/aromatic N) is 1. The highest BCUT2D eigenvalue weighted by atomic mass is 19.1. The van der Waals surface area contributed by atoms with Gasteiger partial charge in [-0.05, 0) is 48.0 Å². The number of halogens is 1. The van der Waals surface area contributed by atoms with Gasteiger partial charge >= 0.3 is 11.9 Å². The number of carbonyl (C=O) groups excluding carboxylic acids is 2. The van der Waals surface area contributed by atoms with Gasteiger partial charge in [0.1, 0.15) is 17.5 Å². The van der Waals surface area contributed by atoms with Crippen molar-refractivity contribution in [1.82, 2.24) is 0 Å². The maximum absolute atomic E-state index is 12.9. The van der Waals surface area contributed by atoms with E-state index in [1.807, 2.05) is 0 Å². The molecule has 26 heavy (non-hydrogen) atoms. The first-order valence-corrected chi connectivity index (χ1v) is 7.34. The number of rotatable bonds is 5. The maximum atomic E-state index is 12.9. The lowest BCUT2D eigenvalue weighted by molar-refractivity contribution is -0.135. The second kappa shape index (κ2) is 8.44. The molecule has 132 valence electrons. The number of ether oxygens (including phenoxy) is 3. The summed E-state index contributed by atoms with van der Waals surface area (Å²) < 4.78 is 27.9. The number of carbonyl (C=O) groups is 2. The van der Waals surface area contributed by atoms with Crippen LogP contribution in [0.3, 0.4) is 0 Å². The van der Waals surface area contributed by atoms with Gasteiger partial charge in [-0.3, -0.25) is 0 Å². The van der Waals surface area contributed by atoms with Crippen LogP contribution in [0.5, 0.6) is 11.5 Å². The number of methoxy groups -OCH3 is 2. The minimum absolute atomic E-state index is 0.135. The molecule has 0 bridgehead atoms. The second-order valence-electron chi connectivity index (χ2n) is 4.97. The van der Waals surface area contributed by atoms with Gasteiger partial charge < -0.3 is 14.2 Å². The van der Waals surface area contributed by atoms with E-state index in [1.54, 1.807) is 6.07 Å². The summed E-state index contributed by atoms with van der Waals surface area (Å²) in [6.45, 7) is 0. The van der Waals surface area contributed by atoms with Crippen LogP contribution in [0.1, 0.15) is 15.9 Å². The Bertz CT molecular complexity index is 897. The van der Waals surface area contributed by atoms with Crippen LogP contribution in [-0.2, 0) is 9.53 Å². The zero-order valence-electron chi connectivity index (χ0n) is 14.0. The molecule has 2 rings (SSSR count).